The predicted molar refractivity (Wildman–Crippen MR) is 96.4 cm³/mol. The molecule has 6 nitrogen and oxygen atoms in total. The third-order valence-electron chi connectivity index (χ3n) is 4.67. The molecule has 2 saturated heterocycles. The minimum absolute atomic E-state index is 0. The molecule has 0 radical (unpaired) electrons. The van der Waals surface area contributed by atoms with Crippen LogP contribution in [0.1, 0.15) is 48.5 Å². The second kappa shape index (κ2) is 8.45. The van der Waals surface area contributed by atoms with E-state index in [-0.39, 0.29) is 42.7 Å². The first-order valence-corrected chi connectivity index (χ1v) is 8.49. The molecule has 0 aliphatic carbocycles. The Balaban J connectivity index is 0.00000225. The zero-order valence-corrected chi connectivity index (χ0v) is 15.1. The van der Waals surface area contributed by atoms with E-state index in [1.165, 1.54) is 4.90 Å². The molecule has 0 spiro atoms. The van der Waals surface area contributed by atoms with Gasteiger partial charge < -0.3 is 10.6 Å². The molecule has 0 bridgehead atoms. The van der Waals surface area contributed by atoms with Gasteiger partial charge in [-0.2, -0.15) is 0 Å². The molecule has 2 aliphatic heterocycles. The largest absolute Gasteiger partial charge is 0.349 e. The van der Waals surface area contributed by atoms with Gasteiger partial charge in [0.15, 0.2) is 0 Å². The Bertz CT molecular complexity index is 631. The van der Waals surface area contributed by atoms with Gasteiger partial charge in [0, 0.05) is 30.5 Å². The Labute approximate surface area is 153 Å². The van der Waals surface area contributed by atoms with Gasteiger partial charge >= 0.3 is 0 Å². The second-order valence-electron chi connectivity index (χ2n) is 6.62. The Kier molecular flexibility index (Phi) is 6.56. The first-order valence-electron chi connectivity index (χ1n) is 8.49. The molecule has 1 aromatic carbocycles. The first kappa shape index (κ1) is 19.4. The minimum Gasteiger partial charge on any atom is -0.349 e. The summed E-state index contributed by atoms with van der Waals surface area (Å²) in [7, 11) is 0. The Morgan fingerprint density at radius 1 is 1.20 bits per heavy atom. The highest BCUT2D eigenvalue weighted by molar-refractivity contribution is 6.01. The number of nitrogens with one attached hydrogen (secondary N) is 2. The van der Waals surface area contributed by atoms with Crippen molar-refractivity contribution in [2.75, 3.05) is 6.54 Å². The number of hydrogen-bond acceptors (Lipinski definition) is 4. The second-order valence-corrected chi connectivity index (χ2v) is 6.62. The van der Waals surface area contributed by atoms with Crippen LogP contribution in [0.25, 0.3) is 0 Å². The molecule has 2 unspecified atom stereocenters. The van der Waals surface area contributed by atoms with Gasteiger partial charge in [0.25, 0.3) is 5.91 Å². The zero-order valence-electron chi connectivity index (χ0n) is 14.3. The molecular formula is C18H24ClN3O3. The fourth-order valence-corrected chi connectivity index (χ4v) is 3.28. The Hall–Kier alpha value is -1.92. The van der Waals surface area contributed by atoms with Crippen LogP contribution >= 0.6 is 12.4 Å². The van der Waals surface area contributed by atoms with Crippen LogP contribution in [-0.4, -0.2) is 41.2 Å². The van der Waals surface area contributed by atoms with E-state index in [9.17, 15) is 14.4 Å². The summed E-state index contributed by atoms with van der Waals surface area (Å²) in [6.45, 7) is 3.32. The molecule has 2 fully saturated rings. The van der Waals surface area contributed by atoms with E-state index in [0.717, 1.165) is 24.9 Å². The van der Waals surface area contributed by atoms with Crippen LogP contribution in [0.2, 0.25) is 0 Å². The highest BCUT2D eigenvalue weighted by Crippen LogP contribution is 2.16. The lowest BCUT2D eigenvalue weighted by Crippen LogP contribution is -2.46. The lowest BCUT2D eigenvalue weighted by molar-refractivity contribution is -0.139. The van der Waals surface area contributed by atoms with Crippen molar-refractivity contribution in [1.29, 1.82) is 0 Å². The van der Waals surface area contributed by atoms with E-state index in [1.54, 1.807) is 24.3 Å². The highest BCUT2D eigenvalue weighted by atomic mass is 35.5. The number of carbonyl (C=O) groups excluding carboxylic acids is 3. The van der Waals surface area contributed by atoms with Crippen molar-refractivity contribution in [3.8, 4) is 0 Å². The summed E-state index contributed by atoms with van der Waals surface area (Å²) in [6, 6.07) is 7.73. The maximum absolute atomic E-state index is 12.3. The van der Waals surface area contributed by atoms with Gasteiger partial charge in [0.2, 0.25) is 11.8 Å². The van der Waals surface area contributed by atoms with Crippen molar-refractivity contribution in [1.82, 2.24) is 15.5 Å². The number of halogens is 1. The Morgan fingerprint density at radius 3 is 2.44 bits per heavy atom. The van der Waals surface area contributed by atoms with Crippen molar-refractivity contribution in [3.63, 3.8) is 0 Å². The van der Waals surface area contributed by atoms with Gasteiger partial charge in [-0.25, -0.2) is 0 Å². The van der Waals surface area contributed by atoms with E-state index in [2.05, 4.69) is 17.6 Å². The van der Waals surface area contributed by atoms with Crippen molar-refractivity contribution in [2.24, 2.45) is 0 Å². The fraction of sp³-hybridized carbons (Fsp3) is 0.500. The smallest absolute Gasteiger partial charge is 0.251 e. The van der Waals surface area contributed by atoms with Crippen LogP contribution in [0.4, 0.5) is 0 Å². The summed E-state index contributed by atoms with van der Waals surface area (Å²) in [5, 5.41) is 6.44. The number of piperidine rings is 1. The van der Waals surface area contributed by atoms with Gasteiger partial charge in [0.05, 0.1) is 6.54 Å². The molecule has 136 valence electrons. The average Bonchev–Trinajstić information content (AvgIpc) is 2.87. The van der Waals surface area contributed by atoms with Crippen molar-refractivity contribution < 1.29 is 14.4 Å². The van der Waals surface area contributed by atoms with Crippen molar-refractivity contribution in [2.45, 2.75) is 51.2 Å². The third-order valence-corrected chi connectivity index (χ3v) is 4.67. The number of carbonyl (C=O) groups is 3. The fourth-order valence-electron chi connectivity index (χ4n) is 3.28. The molecule has 7 heteroatoms. The molecule has 2 atom stereocenters. The van der Waals surface area contributed by atoms with Gasteiger partial charge in [0.1, 0.15) is 0 Å². The summed E-state index contributed by atoms with van der Waals surface area (Å²) >= 11 is 0. The standard InChI is InChI=1S/C18H23N3O3.ClH/c1-12-10-15(8-9-19-12)20-18(24)14-4-2-13(3-5-14)11-21-16(22)6-7-17(21)23;/h2-5,12,15,19H,6-11H2,1H3,(H,20,24);1H. The van der Waals surface area contributed by atoms with Gasteiger partial charge in [-0.3, -0.25) is 19.3 Å². The van der Waals surface area contributed by atoms with Crippen molar-refractivity contribution >= 4 is 30.1 Å². The number of likely N-dealkylation sites (tertiary alicyclic amines) is 1. The van der Waals surface area contributed by atoms with Gasteiger partial charge in [-0.1, -0.05) is 12.1 Å². The van der Waals surface area contributed by atoms with E-state index in [1.807, 2.05) is 0 Å². The number of amides is 3. The van der Waals surface area contributed by atoms with Crippen LogP contribution in [0.15, 0.2) is 24.3 Å². The molecule has 3 amide bonds. The highest BCUT2D eigenvalue weighted by Gasteiger charge is 2.28. The molecule has 0 saturated carbocycles. The van der Waals surface area contributed by atoms with E-state index >= 15 is 0 Å². The molecule has 0 aromatic heterocycles. The summed E-state index contributed by atoms with van der Waals surface area (Å²) in [5.41, 5.74) is 1.45. The van der Waals surface area contributed by atoms with Crippen LogP contribution in [0.3, 0.4) is 0 Å². The molecule has 25 heavy (non-hydrogen) atoms. The first-order chi connectivity index (χ1) is 11.5. The minimum atomic E-state index is -0.123. The summed E-state index contributed by atoms with van der Waals surface area (Å²) < 4.78 is 0. The summed E-state index contributed by atoms with van der Waals surface area (Å²) in [6.07, 6.45) is 2.47. The van der Waals surface area contributed by atoms with Crippen LogP contribution in [0, 0.1) is 0 Å². The van der Waals surface area contributed by atoms with E-state index in [0.29, 0.717) is 24.4 Å². The van der Waals surface area contributed by atoms with Crippen LogP contribution < -0.4 is 10.6 Å². The SMILES string of the molecule is CC1CC(NC(=O)c2ccc(CN3C(=O)CCC3=O)cc2)CCN1.Cl. The number of hydrogen-bond donors (Lipinski definition) is 2. The molecular weight excluding hydrogens is 342 g/mol. The Morgan fingerprint density at radius 2 is 1.84 bits per heavy atom. The molecule has 2 aliphatic rings. The molecule has 2 heterocycles. The number of rotatable bonds is 4. The zero-order chi connectivity index (χ0) is 17.1. The quantitative estimate of drug-likeness (QED) is 0.795. The third kappa shape index (κ3) is 4.80. The average molecular weight is 366 g/mol. The lowest BCUT2D eigenvalue weighted by atomic mass is 10.00. The normalized spacial score (nSPS) is 23.3. The van der Waals surface area contributed by atoms with Crippen LogP contribution in [0.5, 0.6) is 0 Å². The number of nitrogens with zero attached hydrogens (tertiary/aromatic N) is 1. The van der Waals surface area contributed by atoms with Gasteiger partial charge in [-0.05, 0) is 44.0 Å². The van der Waals surface area contributed by atoms with Crippen molar-refractivity contribution in [3.05, 3.63) is 35.4 Å². The van der Waals surface area contributed by atoms with Gasteiger partial charge in [-0.15, -0.1) is 12.4 Å². The summed E-state index contributed by atoms with van der Waals surface area (Å²) in [4.78, 5) is 36.9. The maximum atomic E-state index is 12.3. The lowest BCUT2D eigenvalue weighted by Gasteiger charge is -2.28. The van der Waals surface area contributed by atoms with Crippen LogP contribution in [-0.2, 0) is 16.1 Å². The topological polar surface area (TPSA) is 78.5 Å². The molecule has 2 N–H and O–H groups in total. The van der Waals surface area contributed by atoms with E-state index < -0.39 is 0 Å². The number of imide groups is 1. The summed E-state index contributed by atoms with van der Waals surface area (Å²) in [5.74, 6) is -0.322. The van der Waals surface area contributed by atoms with E-state index in [4.69, 9.17) is 0 Å². The molecule has 1 aromatic rings. The maximum Gasteiger partial charge on any atom is 0.251 e. The monoisotopic (exact) mass is 365 g/mol. The predicted octanol–water partition coefficient (Wildman–Crippen LogP) is 1.63. The number of benzene rings is 1. The molecule has 3 rings (SSSR count).